The molecule has 0 unspecified atom stereocenters. The molecule has 20 heavy (non-hydrogen) atoms. The van der Waals surface area contributed by atoms with Gasteiger partial charge in [-0.05, 0) is 41.2 Å². The lowest BCUT2D eigenvalue weighted by Gasteiger charge is -2.23. The number of aryl methyl sites for hydroxylation is 2. The highest BCUT2D eigenvalue weighted by Gasteiger charge is 2.16. The standard InChI is InChI=1S/C15H29ClN4/c1-7-12-14(16)13(20(8-2)18-12)11-19(6)10-9-17-15(3,4)5/h17H,7-11H2,1-6H3. The van der Waals surface area contributed by atoms with E-state index in [1.165, 1.54) is 0 Å². The molecule has 1 aromatic rings. The first-order valence-corrected chi connectivity index (χ1v) is 7.83. The number of nitrogens with one attached hydrogen (secondary N) is 1. The Labute approximate surface area is 128 Å². The molecule has 1 N–H and O–H groups in total. The first-order chi connectivity index (χ1) is 9.28. The van der Waals surface area contributed by atoms with Gasteiger partial charge in [0, 0.05) is 31.7 Å². The summed E-state index contributed by atoms with van der Waals surface area (Å²) in [6.45, 7) is 14.4. The maximum absolute atomic E-state index is 6.43. The van der Waals surface area contributed by atoms with Crippen LogP contribution in [0.5, 0.6) is 0 Å². The van der Waals surface area contributed by atoms with Crippen molar-refractivity contribution < 1.29 is 0 Å². The average molecular weight is 301 g/mol. The maximum Gasteiger partial charge on any atom is 0.0863 e. The minimum Gasteiger partial charge on any atom is -0.311 e. The molecule has 0 saturated carbocycles. The number of likely N-dealkylation sites (N-methyl/N-ethyl adjacent to an activating group) is 1. The first kappa shape index (κ1) is 17.5. The number of aromatic nitrogens is 2. The number of halogens is 1. The van der Waals surface area contributed by atoms with Crippen LogP contribution in [0.3, 0.4) is 0 Å². The van der Waals surface area contributed by atoms with Crippen LogP contribution in [0.4, 0.5) is 0 Å². The zero-order valence-electron chi connectivity index (χ0n) is 13.8. The minimum absolute atomic E-state index is 0.166. The van der Waals surface area contributed by atoms with Crippen LogP contribution in [-0.2, 0) is 19.5 Å². The van der Waals surface area contributed by atoms with Gasteiger partial charge in [0.2, 0.25) is 0 Å². The summed E-state index contributed by atoms with van der Waals surface area (Å²) in [4.78, 5) is 2.28. The summed E-state index contributed by atoms with van der Waals surface area (Å²) in [5, 5.41) is 8.90. The van der Waals surface area contributed by atoms with Gasteiger partial charge >= 0.3 is 0 Å². The average Bonchev–Trinajstić information content (AvgIpc) is 2.64. The predicted octanol–water partition coefficient (Wildman–Crippen LogP) is 2.94. The summed E-state index contributed by atoms with van der Waals surface area (Å²) in [5.41, 5.74) is 2.30. The van der Waals surface area contributed by atoms with Gasteiger partial charge in [-0.1, -0.05) is 18.5 Å². The zero-order chi connectivity index (χ0) is 15.3. The van der Waals surface area contributed by atoms with E-state index in [9.17, 15) is 0 Å². The maximum atomic E-state index is 6.43. The van der Waals surface area contributed by atoms with Crippen LogP contribution in [-0.4, -0.2) is 40.4 Å². The molecule has 5 heteroatoms. The highest BCUT2D eigenvalue weighted by Crippen LogP contribution is 2.22. The molecular weight excluding hydrogens is 272 g/mol. The molecule has 0 aliphatic carbocycles. The van der Waals surface area contributed by atoms with Crippen LogP contribution in [0.1, 0.15) is 46.0 Å². The highest BCUT2D eigenvalue weighted by molar-refractivity contribution is 6.31. The zero-order valence-corrected chi connectivity index (χ0v) is 14.5. The molecular formula is C15H29ClN4. The van der Waals surface area contributed by atoms with Gasteiger partial charge in [0.1, 0.15) is 0 Å². The number of hydrogen-bond acceptors (Lipinski definition) is 3. The van der Waals surface area contributed by atoms with Crippen LogP contribution in [0, 0.1) is 0 Å². The van der Waals surface area contributed by atoms with E-state index in [4.69, 9.17) is 11.6 Å². The van der Waals surface area contributed by atoms with Gasteiger partial charge < -0.3 is 5.32 Å². The van der Waals surface area contributed by atoms with E-state index in [0.717, 1.165) is 49.0 Å². The molecule has 0 atom stereocenters. The van der Waals surface area contributed by atoms with E-state index < -0.39 is 0 Å². The van der Waals surface area contributed by atoms with Gasteiger partial charge in [0.25, 0.3) is 0 Å². The molecule has 116 valence electrons. The van der Waals surface area contributed by atoms with Crippen molar-refractivity contribution in [1.29, 1.82) is 0 Å². The molecule has 0 amide bonds. The van der Waals surface area contributed by atoms with Crippen molar-refractivity contribution in [1.82, 2.24) is 20.0 Å². The normalized spacial score (nSPS) is 12.4. The fraction of sp³-hybridized carbons (Fsp3) is 0.800. The summed E-state index contributed by atoms with van der Waals surface area (Å²) >= 11 is 6.43. The van der Waals surface area contributed by atoms with Crippen LogP contribution in [0.15, 0.2) is 0 Å². The molecule has 1 heterocycles. The van der Waals surface area contributed by atoms with Crippen molar-refractivity contribution in [3.8, 4) is 0 Å². The van der Waals surface area contributed by atoms with Crippen molar-refractivity contribution in [2.75, 3.05) is 20.1 Å². The Hall–Kier alpha value is -0.580. The van der Waals surface area contributed by atoms with E-state index >= 15 is 0 Å². The van der Waals surface area contributed by atoms with Crippen LogP contribution >= 0.6 is 11.6 Å². The quantitative estimate of drug-likeness (QED) is 0.840. The van der Waals surface area contributed by atoms with Gasteiger partial charge in [-0.2, -0.15) is 5.10 Å². The van der Waals surface area contributed by atoms with Crippen molar-refractivity contribution >= 4 is 11.6 Å². The van der Waals surface area contributed by atoms with Crippen molar-refractivity contribution in [2.45, 2.75) is 59.7 Å². The summed E-state index contributed by atoms with van der Waals surface area (Å²) in [5.74, 6) is 0. The second-order valence-electron chi connectivity index (χ2n) is 6.29. The Balaban J connectivity index is 2.61. The second-order valence-corrected chi connectivity index (χ2v) is 6.67. The molecule has 0 aliphatic rings. The lowest BCUT2D eigenvalue weighted by Crippen LogP contribution is -2.40. The van der Waals surface area contributed by atoms with E-state index in [-0.39, 0.29) is 5.54 Å². The number of rotatable bonds is 7. The molecule has 1 rings (SSSR count). The Morgan fingerprint density at radius 1 is 1.30 bits per heavy atom. The summed E-state index contributed by atoms with van der Waals surface area (Å²) in [7, 11) is 2.12. The van der Waals surface area contributed by atoms with E-state index in [1.807, 2.05) is 4.68 Å². The lowest BCUT2D eigenvalue weighted by molar-refractivity contribution is 0.295. The molecule has 0 fully saturated rings. The molecule has 0 radical (unpaired) electrons. The fourth-order valence-corrected chi connectivity index (χ4v) is 2.45. The van der Waals surface area contributed by atoms with Gasteiger partial charge in [-0.3, -0.25) is 9.58 Å². The van der Waals surface area contributed by atoms with Crippen LogP contribution in [0.2, 0.25) is 5.02 Å². The van der Waals surface area contributed by atoms with Crippen LogP contribution < -0.4 is 5.32 Å². The van der Waals surface area contributed by atoms with Crippen molar-refractivity contribution in [2.24, 2.45) is 0 Å². The minimum atomic E-state index is 0.166. The third-order valence-electron chi connectivity index (χ3n) is 3.26. The largest absolute Gasteiger partial charge is 0.311 e. The summed E-state index contributed by atoms with van der Waals surface area (Å²) < 4.78 is 2.02. The Morgan fingerprint density at radius 3 is 2.45 bits per heavy atom. The number of nitrogens with zero attached hydrogens (tertiary/aromatic N) is 3. The van der Waals surface area contributed by atoms with E-state index in [0.29, 0.717) is 0 Å². The van der Waals surface area contributed by atoms with Gasteiger partial charge in [-0.25, -0.2) is 0 Å². The molecule has 4 nitrogen and oxygen atoms in total. The Kier molecular flexibility index (Phi) is 6.49. The molecule has 0 spiro atoms. The molecule has 0 bridgehead atoms. The molecule has 1 aromatic heterocycles. The Bertz CT molecular complexity index is 420. The fourth-order valence-electron chi connectivity index (χ4n) is 2.12. The van der Waals surface area contributed by atoms with Crippen LogP contribution in [0.25, 0.3) is 0 Å². The molecule has 0 aliphatic heterocycles. The lowest BCUT2D eigenvalue weighted by atomic mass is 10.1. The second kappa shape index (κ2) is 7.43. The first-order valence-electron chi connectivity index (χ1n) is 7.46. The third kappa shape index (κ3) is 5.08. The third-order valence-corrected chi connectivity index (χ3v) is 3.70. The summed E-state index contributed by atoms with van der Waals surface area (Å²) in [6.07, 6.45) is 0.883. The van der Waals surface area contributed by atoms with Gasteiger partial charge in [-0.15, -0.1) is 0 Å². The molecule has 0 saturated heterocycles. The van der Waals surface area contributed by atoms with E-state index in [2.05, 4.69) is 57.0 Å². The monoisotopic (exact) mass is 300 g/mol. The smallest absolute Gasteiger partial charge is 0.0863 e. The Morgan fingerprint density at radius 2 is 1.95 bits per heavy atom. The SMILES string of the molecule is CCc1nn(CC)c(CN(C)CCNC(C)(C)C)c1Cl. The van der Waals surface area contributed by atoms with Crippen molar-refractivity contribution in [3.63, 3.8) is 0 Å². The van der Waals surface area contributed by atoms with Gasteiger partial charge in [0.05, 0.1) is 16.4 Å². The summed E-state index contributed by atoms with van der Waals surface area (Å²) in [6, 6.07) is 0. The highest BCUT2D eigenvalue weighted by atomic mass is 35.5. The van der Waals surface area contributed by atoms with Gasteiger partial charge in [0.15, 0.2) is 0 Å². The topological polar surface area (TPSA) is 33.1 Å². The van der Waals surface area contributed by atoms with E-state index in [1.54, 1.807) is 0 Å². The predicted molar refractivity (Wildman–Crippen MR) is 86.4 cm³/mol. The van der Waals surface area contributed by atoms with Crippen molar-refractivity contribution in [3.05, 3.63) is 16.4 Å². The molecule has 0 aromatic carbocycles. The number of hydrogen-bond donors (Lipinski definition) is 1.